The lowest BCUT2D eigenvalue weighted by atomic mass is 10.3. The van der Waals surface area contributed by atoms with E-state index in [1.807, 2.05) is 13.8 Å². The second kappa shape index (κ2) is 4.00. The Morgan fingerprint density at radius 2 is 2.11 bits per heavy atom. The van der Waals surface area contributed by atoms with Crippen LogP contribution in [0, 0.1) is 11.4 Å². The molecule has 0 amide bonds. The van der Waals surface area contributed by atoms with Crippen LogP contribution < -0.4 is 0 Å². The Kier molecular flexibility index (Phi) is 3.59. The summed E-state index contributed by atoms with van der Waals surface area (Å²) in [6.07, 6.45) is 1.73. The molecule has 0 aromatic carbocycles. The van der Waals surface area contributed by atoms with Crippen LogP contribution in [-0.4, -0.2) is 18.4 Å². The van der Waals surface area contributed by atoms with Crippen molar-refractivity contribution in [1.82, 2.24) is 5.12 Å². The molecule has 0 saturated carbocycles. The highest BCUT2D eigenvalue weighted by molar-refractivity contribution is 5.58. The van der Waals surface area contributed by atoms with E-state index in [1.165, 1.54) is 5.12 Å². The fraction of sp³-hybridized carbons (Fsp3) is 0.800. The van der Waals surface area contributed by atoms with Gasteiger partial charge in [0.05, 0.1) is 7.05 Å². The van der Waals surface area contributed by atoms with E-state index in [4.69, 9.17) is 5.53 Å². The number of hydrogen-bond donors (Lipinski definition) is 1. The summed E-state index contributed by atoms with van der Waals surface area (Å²) in [5.41, 5.74) is 6.49. The van der Waals surface area contributed by atoms with Gasteiger partial charge in [0.15, 0.2) is 0 Å². The van der Waals surface area contributed by atoms with E-state index < -0.39 is 0 Å². The van der Waals surface area contributed by atoms with Crippen molar-refractivity contribution in [2.24, 2.45) is 16.2 Å². The molecule has 52 valence electrons. The minimum absolute atomic E-state index is 0.411. The third-order valence-corrected chi connectivity index (χ3v) is 0.677. The number of hydrazone groups is 1. The highest BCUT2D eigenvalue weighted by Gasteiger charge is 1.85. The molecule has 0 aromatic rings. The zero-order valence-electron chi connectivity index (χ0n) is 6.00. The highest BCUT2D eigenvalue weighted by Crippen LogP contribution is 1.87. The van der Waals surface area contributed by atoms with Gasteiger partial charge in [0.25, 0.3) is 0 Å². The fourth-order valence-electron chi connectivity index (χ4n) is 0.256. The summed E-state index contributed by atoms with van der Waals surface area (Å²) < 4.78 is 0. The summed E-state index contributed by atoms with van der Waals surface area (Å²) in [4.78, 5) is 0. The summed E-state index contributed by atoms with van der Waals surface area (Å²) in [7, 11) is 1.62. The van der Waals surface area contributed by atoms with Crippen LogP contribution >= 0.6 is 0 Å². The molecular formula is C5H12N4. The first-order valence-electron chi connectivity index (χ1n) is 2.82. The van der Waals surface area contributed by atoms with Crippen molar-refractivity contribution < 1.29 is 0 Å². The fourth-order valence-corrected chi connectivity index (χ4v) is 0.256. The predicted molar refractivity (Wildman–Crippen MR) is 36.2 cm³/mol. The van der Waals surface area contributed by atoms with E-state index in [9.17, 15) is 0 Å². The molecule has 0 rings (SSSR count). The Bertz CT molecular complexity index is 108. The predicted octanol–water partition coefficient (Wildman–Crippen LogP) is 1.51. The molecule has 1 N–H and O–H groups in total. The van der Waals surface area contributed by atoms with Gasteiger partial charge in [-0.25, -0.2) is 0 Å². The Balaban J connectivity index is 3.56. The average molecular weight is 128 g/mol. The molecule has 4 nitrogen and oxygen atoms in total. The van der Waals surface area contributed by atoms with E-state index in [1.54, 1.807) is 13.3 Å². The zero-order chi connectivity index (χ0) is 7.28. The van der Waals surface area contributed by atoms with Crippen molar-refractivity contribution in [2.45, 2.75) is 13.8 Å². The first-order valence-corrected chi connectivity index (χ1v) is 2.82. The van der Waals surface area contributed by atoms with Crippen LogP contribution in [0.1, 0.15) is 13.8 Å². The number of rotatable bonds is 3. The molecule has 0 unspecified atom stereocenters. The molecule has 0 radical (unpaired) electrons. The van der Waals surface area contributed by atoms with Crippen LogP contribution in [0.5, 0.6) is 0 Å². The van der Waals surface area contributed by atoms with E-state index in [0.717, 1.165) is 0 Å². The largest absolute Gasteiger partial charge is 0.185 e. The van der Waals surface area contributed by atoms with Gasteiger partial charge < -0.3 is 0 Å². The van der Waals surface area contributed by atoms with Crippen molar-refractivity contribution >= 4 is 6.21 Å². The minimum atomic E-state index is 0.411. The van der Waals surface area contributed by atoms with Gasteiger partial charge in [0.2, 0.25) is 0 Å². The normalized spacial score (nSPS) is 10.7. The smallest absolute Gasteiger partial charge is 0.0513 e. The summed E-state index contributed by atoms with van der Waals surface area (Å²) in [5.74, 6) is 0.411. The first-order chi connectivity index (χ1) is 4.16. The first kappa shape index (κ1) is 8.07. The van der Waals surface area contributed by atoms with Gasteiger partial charge in [-0.3, -0.25) is 0 Å². The molecule has 0 bridgehead atoms. The Morgan fingerprint density at radius 1 is 1.56 bits per heavy atom. The van der Waals surface area contributed by atoms with Gasteiger partial charge in [-0.2, -0.15) is 15.8 Å². The van der Waals surface area contributed by atoms with Crippen molar-refractivity contribution in [3.63, 3.8) is 0 Å². The van der Waals surface area contributed by atoms with Gasteiger partial charge >= 0.3 is 0 Å². The monoisotopic (exact) mass is 128 g/mol. The van der Waals surface area contributed by atoms with Crippen molar-refractivity contribution in [1.29, 1.82) is 5.53 Å². The van der Waals surface area contributed by atoms with Crippen LogP contribution in [0.3, 0.4) is 0 Å². The Morgan fingerprint density at radius 3 is 2.44 bits per heavy atom. The quantitative estimate of drug-likeness (QED) is 0.349. The molecule has 0 fully saturated rings. The molecular weight excluding hydrogens is 116 g/mol. The average Bonchev–Trinajstić information content (AvgIpc) is 1.83. The highest BCUT2D eigenvalue weighted by atomic mass is 15.7. The SMILES string of the molecule is CC(C)/C=N/N(C)N=N. The molecule has 4 heteroatoms. The summed E-state index contributed by atoms with van der Waals surface area (Å²) >= 11 is 0. The summed E-state index contributed by atoms with van der Waals surface area (Å²) in [5, 5.41) is 8.05. The molecule has 9 heavy (non-hydrogen) atoms. The molecule has 0 aliphatic rings. The van der Waals surface area contributed by atoms with E-state index >= 15 is 0 Å². The molecule has 0 spiro atoms. The molecule has 0 saturated heterocycles. The van der Waals surface area contributed by atoms with Gasteiger partial charge in [0, 0.05) is 6.21 Å². The van der Waals surface area contributed by atoms with Crippen LogP contribution in [0.2, 0.25) is 0 Å². The van der Waals surface area contributed by atoms with Gasteiger partial charge in [-0.15, -0.1) is 0 Å². The third-order valence-electron chi connectivity index (χ3n) is 0.677. The maximum atomic E-state index is 6.49. The molecule has 0 aliphatic carbocycles. The number of hydrogen-bond acceptors (Lipinski definition) is 3. The van der Waals surface area contributed by atoms with Crippen molar-refractivity contribution in [2.75, 3.05) is 7.05 Å². The molecule has 0 heterocycles. The molecule has 0 atom stereocenters. The van der Waals surface area contributed by atoms with E-state index in [-0.39, 0.29) is 0 Å². The molecule has 0 aromatic heterocycles. The minimum Gasteiger partial charge on any atom is -0.185 e. The maximum absolute atomic E-state index is 6.49. The summed E-state index contributed by atoms with van der Waals surface area (Å²) in [6.45, 7) is 4.03. The van der Waals surface area contributed by atoms with E-state index in [0.29, 0.717) is 5.92 Å². The van der Waals surface area contributed by atoms with Crippen molar-refractivity contribution in [3.05, 3.63) is 0 Å². The van der Waals surface area contributed by atoms with Crippen molar-refractivity contribution in [3.8, 4) is 0 Å². The second-order valence-corrected chi connectivity index (χ2v) is 2.10. The number of nitrogens with one attached hydrogen (secondary N) is 1. The topological polar surface area (TPSA) is 51.8 Å². The zero-order valence-corrected chi connectivity index (χ0v) is 6.00. The van der Waals surface area contributed by atoms with Crippen LogP contribution in [0.15, 0.2) is 10.3 Å². The van der Waals surface area contributed by atoms with Gasteiger partial charge in [-0.05, 0) is 5.92 Å². The number of nitrogens with zero attached hydrogens (tertiary/aromatic N) is 3. The second-order valence-electron chi connectivity index (χ2n) is 2.10. The van der Waals surface area contributed by atoms with Gasteiger partial charge in [-0.1, -0.05) is 19.1 Å². The molecule has 0 aliphatic heterocycles. The van der Waals surface area contributed by atoms with Gasteiger partial charge in [0.1, 0.15) is 0 Å². The lowest BCUT2D eigenvalue weighted by Gasteiger charge is -2.00. The van der Waals surface area contributed by atoms with Crippen LogP contribution in [-0.2, 0) is 0 Å². The third kappa shape index (κ3) is 4.93. The Labute approximate surface area is 55.0 Å². The summed E-state index contributed by atoms with van der Waals surface area (Å²) in [6, 6.07) is 0. The van der Waals surface area contributed by atoms with Crippen LogP contribution in [0.25, 0.3) is 0 Å². The maximum Gasteiger partial charge on any atom is 0.0513 e. The standard InChI is InChI=1S/C5H12N4/c1-5(2)4-7-9(3)8-6/h4-6H,1-3H3/b7-4+,8-6?. The van der Waals surface area contributed by atoms with E-state index in [2.05, 4.69) is 10.3 Å². The lowest BCUT2D eigenvalue weighted by molar-refractivity contribution is 0.339. The Hall–Kier alpha value is -0.930. The van der Waals surface area contributed by atoms with Crippen LogP contribution in [0.4, 0.5) is 0 Å². The lowest BCUT2D eigenvalue weighted by Crippen LogP contribution is -2.01.